The third-order valence-electron chi connectivity index (χ3n) is 8.22. The maximum atomic E-state index is 12.2. The third kappa shape index (κ3) is 8.29. The van der Waals surface area contributed by atoms with Crippen molar-refractivity contribution < 1.29 is 51.2 Å². The molecule has 7 aromatic carbocycles. The predicted molar refractivity (Wildman–Crippen MR) is 213 cm³/mol. The molecule has 0 spiro atoms. The molecule has 0 aliphatic rings. The largest absolute Gasteiger partial charge is 0.530 e. The van der Waals surface area contributed by atoms with E-state index >= 15 is 0 Å². The average Bonchev–Trinajstić information content (AvgIpc) is 3.21. The number of hydrogen-bond donors (Lipinski definition) is 1. The maximum absolute atomic E-state index is 12.2. The van der Waals surface area contributed by atoms with Crippen molar-refractivity contribution in [1.82, 2.24) is 0 Å². The van der Waals surface area contributed by atoms with Gasteiger partial charge in [0.2, 0.25) is 0 Å². The number of benzene rings is 7. The molecule has 280 valence electrons. The van der Waals surface area contributed by atoms with Crippen LogP contribution >= 0.6 is 17.2 Å². The molecule has 0 bridgehead atoms. The maximum Gasteiger partial charge on any atom is 0.530 e. The normalized spacial score (nSPS) is 10.9. The number of phenolic OH excluding ortho intramolecular Hbond substituents is 1. The SMILES string of the molecule is COc1ccccc1OP(Oc1ccccc1OC)Oc1cccc2cc3cccc(OP(Oc4ccccc4OC)Oc4ccccc4OC)c3c(O)c12. The summed E-state index contributed by atoms with van der Waals surface area (Å²) in [4.78, 5) is 0. The van der Waals surface area contributed by atoms with Gasteiger partial charge in [-0.2, -0.15) is 0 Å². The predicted octanol–water partition coefficient (Wildman–Crippen LogP) is 11.3. The number of rotatable bonds is 16. The lowest BCUT2D eigenvalue weighted by atomic mass is 10.0. The zero-order valence-electron chi connectivity index (χ0n) is 30.2. The molecule has 0 aliphatic heterocycles. The molecule has 13 heteroatoms. The van der Waals surface area contributed by atoms with Crippen LogP contribution in [0.3, 0.4) is 0 Å². The molecule has 0 aromatic heterocycles. The van der Waals surface area contributed by atoms with Gasteiger partial charge < -0.3 is 51.2 Å². The van der Waals surface area contributed by atoms with Gasteiger partial charge in [0.05, 0.1) is 39.2 Å². The lowest BCUT2D eigenvalue weighted by Gasteiger charge is -2.22. The fourth-order valence-corrected chi connectivity index (χ4v) is 7.75. The topological polar surface area (TPSA) is 113 Å². The summed E-state index contributed by atoms with van der Waals surface area (Å²) in [6.45, 7) is 0. The van der Waals surface area contributed by atoms with Crippen molar-refractivity contribution >= 4 is 38.7 Å². The Hall–Kier alpha value is -6.28. The zero-order valence-corrected chi connectivity index (χ0v) is 32.0. The highest BCUT2D eigenvalue weighted by atomic mass is 31.2. The highest BCUT2D eigenvalue weighted by Crippen LogP contribution is 2.53. The van der Waals surface area contributed by atoms with Crippen molar-refractivity contribution in [2.75, 3.05) is 28.4 Å². The molecule has 0 aliphatic carbocycles. The van der Waals surface area contributed by atoms with E-state index in [4.69, 9.17) is 46.1 Å². The highest BCUT2D eigenvalue weighted by Gasteiger charge is 2.28. The molecule has 7 rings (SSSR count). The third-order valence-corrected chi connectivity index (χ3v) is 10.3. The van der Waals surface area contributed by atoms with Crippen molar-refractivity contribution in [2.45, 2.75) is 0 Å². The summed E-state index contributed by atoms with van der Waals surface area (Å²) in [7, 11) is 1.77. The van der Waals surface area contributed by atoms with Crippen LogP contribution in [0.25, 0.3) is 21.5 Å². The Kier molecular flexibility index (Phi) is 11.6. The lowest BCUT2D eigenvalue weighted by Crippen LogP contribution is -2.05. The molecule has 1 N–H and O–H groups in total. The summed E-state index contributed by atoms with van der Waals surface area (Å²) in [6, 6.07) is 41.5. The second kappa shape index (κ2) is 17.2. The van der Waals surface area contributed by atoms with Crippen molar-refractivity contribution in [2.24, 2.45) is 0 Å². The first-order valence-corrected chi connectivity index (χ1v) is 19.1. The van der Waals surface area contributed by atoms with Crippen molar-refractivity contribution in [1.29, 1.82) is 0 Å². The van der Waals surface area contributed by atoms with Gasteiger partial charge in [-0.05, 0) is 77.5 Å². The summed E-state index contributed by atoms with van der Waals surface area (Å²) in [5, 5.41) is 14.4. The number of phenols is 1. The van der Waals surface area contributed by atoms with Crippen LogP contribution in [0.15, 0.2) is 140 Å². The van der Waals surface area contributed by atoms with Gasteiger partial charge in [0.25, 0.3) is 0 Å². The Labute approximate surface area is 320 Å². The Balaban J connectivity index is 1.30. The van der Waals surface area contributed by atoms with E-state index in [9.17, 15) is 5.11 Å². The first-order valence-electron chi connectivity index (χ1n) is 16.9. The van der Waals surface area contributed by atoms with Gasteiger partial charge in [-0.25, -0.2) is 0 Å². The molecule has 0 saturated heterocycles. The number of fused-ring (bicyclic) bond motifs is 2. The molecule has 0 saturated carbocycles. The Morgan fingerprint density at radius 1 is 0.327 bits per heavy atom. The van der Waals surface area contributed by atoms with E-state index in [1.807, 2.05) is 78.9 Å². The van der Waals surface area contributed by atoms with Crippen molar-refractivity contribution in [3.63, 3.8) is 0 Å². The van der Waals surface area contributed by atoms with E-state index in [2.05, 4.69) is 0 Å². The van der Waals surface area contributed by atoms with Crippen molar-refractivity contribution in [3.05, 3.63) is 140 Å². The Morgan fingerprint density at radius 3 is 0.873 bits per heavy atom. The highest BCUT2D eigenvalue weighted by molar-refractivity contribution is 7.43. The molecular weight excluding hydrogens is 742 g/mol. The summed E-state index contributed by atoms with van der Waals surface area (Å²) in [5.41, 5.74) is 0. The minimum Gasteiger partial charge on any atom is -0.506 e. The number of aromatic hydroxyl groups is 1. The number of hydrogen-bond acceptors (Lipinski definition) is 11. The van der Waals surface area contributed by atoms with Crippen LogP contribution in [0.1, 0.15) is 0 Å². The molecule has 0 fully saturated rings. The Bertz CT molecular complexity index is 2150. The van der Waals surface area contributed by atoms with Gasteiger partial charge in [-0.1, -0.05) is 72.8 Å². The molecule has 0 atom stereocenters. The van der Waals surface area contributed by atoms with Crippen LogP contribution in [-0.4, -0.2) is 33.5 Å². The number of ether oxygens (including phenoxy) is 4. The van der Waals surface area contributed by atoms with Gasteiger partial charge in [-0.15, -0.1) is 0 Å². The smallest absolute Gasteiger partial charge is 0.506 e. The van der Waals surface area contributed by atoms with Crippen LogP contribution in [-0.2, 0) is 0 Å². The summed E-state index contributed by atoms with van der Waals surface area (Å²) >= 11 is 0. The van der Waals surface area contributed by atoms with E-state index in [-0.39, 0.29) is 5.75 Å². The van der Waals surface area contributed by atoms with Gasteiger partial charge in [0, 0.05) is 0 Å². The lowest BCUT2D eigenvalue weighted by molar-refractivity contribution is 0.348. The van der Waals surface area contributed by atoms with Crippen LogP contribution in [0.5, 0.6) is 63.2 Å². The monoisotopic (exact) mass is 778 g/mol. The molecule has 0 heterocycles. The van der Waals surface area contributed by atoms with Crippen LogP contribution in [0, 0.1) is 0 Å². The zero-order chi connectivity index (χ0) is 38.1. The second-order valence-electron chi connectivity index (χ2n) is 11.5. The molecule has 0 unspecified atom stereocenters. The first kappa shape index (κ1) is 37.1. The Morgan fingerprint density at radius 2 is 0.582 bits per heavy atom. The minimum absolute atomic E-state index is 0.104. The summed E-state index contributed by atoms with van der Waals surface area (Å²) < 4.78 is 60.5. The van der Waals surface area contributed by atoms with Gasteiger partial charge in [0.1, 0.15) is 17.2 Å². The van der Waals surface area contributed by atoms with Gasteiger partial charge in [0.15, 0.2) is 46.0 Å². The molecule has 7 aromatic rings. The molecule has 11 nitrogen and oxygen atoms in total. The van der Waals surface area contributed by atoms with E-state index in [1.54, 1.807) is 89.1 Å². The second-order valence-corrected chi connectivity index (χ2v) is 13.5. The van der Waals surface area contributed by atoms with E-state index in [1.165, 1.54) is 0 Å². The summed E-state index contributed by atoms with van der Waals surface area (Å²) in [6.07, 6.45) is 0. The number of para-hydroxylation sites is 8. The fraction of sp³-hybridized carbons (Fsp3) is 0.0952. The standard InChI is InChI=1S/C42H36O11P2/c1-44-30-17-5-9-21-34(30)48-54(49-35-22-10-6-18-31(35)45-2)52-38-25-13-15-28-27-29-16-14-26-39(41(29)42(43)40(28)38)53-55(50-36-23-11-7-19-32(36)46-3)51-37-24-12-8-20-33(37)47-4/h5-27,43H,1-4H3. The van der Waals surface area contributed by atoms with Crippen LogP contribution in [0.2, 0.25) is 0 Å². The number of methoxy groups -OCH3 is 4. The summed E-state index contributed by atoms with van der Waals surface area (Å²) in [5.74, 6) is 4.01. The molecular formula is C42H36O11P2. The quantitative estimate of drug-likeness (QED) is 0.0747. The van der Waals surface area contributed by atoms with Crippen LogP contribution in [0.4, 0.5) is 0 Å². The van der Waals surface area contributed by atoms with E-state index in [0.717, 1.165) is 0 Å². The van der Waals surface area contributed by atoms with Gasteiger partial charge in [-0.3, -0.25) is 0 Å². The first-order chi connectivity index (χ1) is 27.0. The molecule has 0 amide bonds. The average molecular weight is 779 g/mol. The van der Waals surface area contributed by atoms with E-state index < -0.39 is 17.2 Å². The molecule has 0 radical (unpaired) electrons. The van der Waals surface area contributed by atoms with Crippen molar-refractivity contribution in [3.8, 4) is 63.2 Å². The van der Waals surface area contributed by atoms with Crippen LogP contribution < -0.4 is 46.1 Å². The molecule has 55 heavy (non-hydrogen) atoms. The minimum atomic E-state index is -2.21. The fourth-order valence-electron chi connectivity index (χ4n) is 5.66. The van der Waals surface area contributed by atoms with E-state index in [0.29, 0.717) is 79.0 Å². The van der Waals surface area contributed by atoms with Gasteiger partial charge >= 0.3 is 17.2 Å².